The molecule has 0 aromatic carbocycles. The van der Waals surface area contributed by atoms with Crippen LogP contribution in [0.15, 0.2) is 18.2 Å². The number of rotatable bonds is 2. The van der Waals surface area contributed by atoms with Crippen molar-refractivity contribution in [2.45, 2.75) is 13.5 Å². The van der Waals surface area contributed by atoms with E-state index in [-0.39, 0.29) is 0 Å². The largest absolute Gasteiger partial charge is 0.325 e. The Hall–Kier alpha value is -1.13. The molecule has 74 valence electrons. The predicted octanol–water partition coefficient (Wildman–Crippen LogP) is 1.92. The monoisotopic (exact) mass is 207 g/mol. The second-order valence-corrected chi connectivity index (χ2v) is 4.55. The van der Waals surface area contributed by atoms with Crippen molar-refractivity contribution in [1.29, 1.82) is 0 Å². The van der Waals surface area contributed by atoms with Crippen molar-refractivity contribution < 1.29 is 0 Å². The summed E-state index contributed by atoms with van der Waals surface area (Å²) >= 11 is 1.76. The minimum Gasteiger partial charge on any atom is -0.325 e. The summed E-state index contributed by atoms with van der Waals surface area (Å²) in [7, 11) is 1.92. The van der Waals surface area contributed by atoms with Crippen molar-refractivity contribution in [3.63, 3.8) is 0 Å². The molecule has 3 nitrogen and oxygen atoms in total. The van der Waals surface area contributed by atoms with E-state index in [0.29, 0.717) is 6.54 Å². The molecule has 0 aliphatic carbocycles. The molecule has 0 atom stereocenters. The average Bonchev–Trinajstić information content (AvgIpc) is 2.71. The molecule has 0 saturated heterocycles. The summed E-state index contributed by atoms with van der Waals surface area (Å²) in [6, 6.07) is 6.25. The van der Waals surface area contributed by atoms with Gasteiger partial charge in [-0.25, -0.2) is 0 Å². The highest BCUT2D eigenvalue weighted by atomic mass is 32.1. The van der Waals surface area contributed by atoms with Gasteiger partial charge in [-0.15, -0.1) is 11.3 Å². The summed E-state index contributed by atoms with van der Waals surface area (Å²) in [5.41, 5.74) is 7.67. The Morgan fingerprint density at radius 3 is 2.79 bits per heavy atom. The first kappa shape index (κ1) is 9.43. The van der Waals surface area contributed by atoms with E-state index in [4.69, 9.17) is 5.73 Å². The van der Waals surface area contributed by atoms with E-state index in [0.717, 1.165) is 11.4 Å². The first-order valence-corrected chi connectivity index (χ1v) is 5.32. The molecule has 0 unspecified atom stereocenters. The van der Waals surface area contributed by atoms with Crippen LogP contribution in [0, 0.1) is 6.92 Å². The lowest BCUT2D eigenvalue weighted by Crippen LogP contribution is -2.03. The SMILES string of the molecule is Cc1ccc(-c2cc(CN)n(C)n2)s1. The fourth-order valence-electron chi connectivity index (χ4n) is 1.39. The second kappa shape index (κ2) is 3.55. The fraction of sp³-hybridized carbons (Fsp3) is 0.300. The Labute approximate surface area is 87.2 Å². The van der Waals surface area contributed by atoms with Gasteiger partial charge >= 0.3 is 0 Å². The van der Waals surface area contributed by atoms with E-state index in [2.05, 4.69) is 24.2 Å². The normalized spacial score (nSPS) is 10.8. The molecule has 0 saturated carbocycles. The van der Waals surface area contributed by atoms with Gasteiger partial charge in [0.15, 0.2) is 0 Å². The Morgan fingerprint density at radius 1 is 1.50 bits per heavy atom. The summed E-state index contributed by atoms with van der Waals surface area (Å²) in [4.78, 5) is 2.51. The highest BCUT2D eigenvalue weighted by Crippen LogP contribution is 2.26. The Morgan fingerprint density at radius 2 is 2.29 bits per heavy atom. The topological polar surface area (TPSA) is 43.8 Å². The number of nitrogens with two attached hydrogens (primary N) is 1. The molecule has 4 heteroatoms. The van der Waals surface area contributed by atoms with E-state index >= 15 is 0 Å². The number of thiophene rings is 1. The zero-order chi connectivity index (χ0) is 10.1. The van der Waals surface area contributed by atoms with E-state index in [1.165, 1.54) is 9.75 Å². The molecule has 2 N–H and O–H groups in total. The molecule has 2 rings (SSSR count). The van der Waals surface area contributed by atoms with Gasteiger partial charge in [-0.2, -0.15) is 5.10 Å². The lowest BCUT2D eigenvalue weighted by Gasteiger charge is -1.93. The zero-order valence-electron chi connectivity index (χ0n) is 8.32. The van der Waals surface area contributed by atoms with Crippen LogP contribution in [-0.2, 0) is 13.6 Å². The van der Waals surface area contributed by atoms with Gasteiger partial charge in [-0.1, -0.05) is 0 Å². The predicted molar refractivity (Wildman–Crippen MR) is 59.1 cm³/mol. The summed E-state index contributed by atoms with van der Waals surface area (Å²) in [5.74, 6) is 0. The van der Waals surface area contributed by atoms with Crippen LogP contribution < -0.4 is 5.73 Å². The van der Waals surface area contributed by atoms with Crippen LogP contribution >= 0.6 is 11.3 Å². The standard InChI is InChI=1S/C10H13N3S/c1-7-3-4-10(14-7)9-5-8(6-11)13(2)12-9/h3-5H,6,11H2,1-2H3. The molecule has 0 fully saturated rings. The van der Waals surface area contributed by atoms with Crippen molar-refractivity contribution in [3.8, 4) is 10.6 Å². The number of nitrogens with zero attached hydrogens (tertiary/aromatic N) is 2. The highest BCUT2D eigenvalue weighted by Gasteiger charge is 2.07. The maximum Gasteiger partial charge on any atom is 0.103 e. The molecule has 0 bridgehead atoms. The van der Waals surface area contributed by atoms with Gasteiger partial charge in [0.1, 0.15) is 5.69 Å². The minimum atomic E-state index is 0.536. The number of hydrogen-bond acceptors (Lipinski definition) is 3. The summed E-state index contributed by atoms with van der Waals surface area (Å²) in [6.07, 6.45) is 0. The molecule has 14 heavy (non-hydrogen) atoms. The lowest BCUT2D eigenvalue weighted by atomic mass is 10.3. The molecular formula is C10H13N3S. The minimum absolute atomic E-state index is 0.536. The van der Waals surface area contributed by atoms with Crippen LogP contribution in [0.3, 0.4) is 0 Å². The first-order valence-electron chi connectivity index (χ1n) is 4.50. The quantitative estimate of drug-likeness (QED) is 0.817. The van der Waals surface area contributed by atoms with Gasteiger partial charge in [0.05, 0.1) is 10.6 Å². The van der Waals surface area contributed by atoms with Crippen molar-refractivity contribution >= 4 is 11.3 Å². The third-order valence-electron chi connectivity index (χ3n) is 2.18. The van der Waals surface area contributed by atoms with E-state index in [1.54, 1.807) is 11.3 Å². The molecule has 0 aliphatic rings. The lowest BCUT2D eigenvalue weighted by molar-refractivity contribution is 0.714. The first-order chi connectivity index (χ1) is 6.70. The van der Waals surface area contributed by atoms with Crippen LogP contribution in [0.5, 0.6) is 0 Å². The Bertz CT molecular complexity index is 442. The van der Waals surface area contributed by atoms with Gasteiger partial charge < -0.3 is 5.73 Å². The van der Waals surface area contributed by atoms with Crippen LogP contribution in [0.1, 0.15) is 10.6 Å². The van der Waals surface area contributed by atoms with Crippen LogP contribution in [0.4, 0.5) is 0 Å². The summed E-state index contributed by atoms with van der Waals surface area (Å²) < 4.78 is 1.84. The molecule has 0 amide bonds. The van der Waals surface area contributed by atoms with Crippen LogP contribution in [-0.4, -0.2) is 9.78 Å². The van der Waals surface area contributed by atoms with Crippen LogP contribution in [0.25, 0.3) is 10.6 Å². The maximum atomic E-state index is 5.59. The Balaban J connectivity index is 2.42. The molecular weight excluding hydrogens is 194 g/mol. The van der Waals surface area contributed by atoms with Gasteiger partial charge in [0, 0.05) is 18.5 Å². The van der Waals surface area contributed by atoms with Crippen LogP contribution in [0.2, 0.25) is 0 Å². The van der Waals surface area contributed by atoms with E-state index < -0.39 is 0 Å². The second-order valence-electron chi connectivity index (χ2n) is 3.26. The number of aromatic nitrogens is 2. The van der Waals surface area contributed by atoms with Crippen molar-refractivity contribution in [3.05, 3.63) is 28.8 Å². The summed E-state index contributed by atoms with van der Waals surface area (Å²) in [6.45, 7) is 2.63. The zero-order valence-corrected chi connectivity index (χ0v) is 9.14. The molecule has 2 aromatic rings. The highest BCUT2D eigenvalue weighted by molar-refractivity contribution is 7.15. The molecule has 2 aromatic heterocycles. The van der Waals surface area contributed by atoms with Crippen molar-refractivity contribution in [2.75, 3.05) is 0 Å². The van der Waals surface area contributed by atoms with Gasteiger partial charge in [-0.05, 0) is 25.1 Å². The Kier molecular flexibility index (Phi) is 2.39. The summed E-state index contributed by atoms with van der Waals surface area (Å²) in [5, 5.41) is 4.41. The smallest absolute Gasteiger partial charge is 0.103 e. The molecule has 0 spiro atoms. The number of aryl methyl sites for hydroxylation is 2. The third-order valence-corrected chi connectivity index (χ3v) is 3.20. The molecule has 0 radical (unpaired) electrons. The molecule has 0 aliphatic heterocycles. The van der Waals surface area contributed by atoms with E-state index in [1.807, 2.05) is 17.8 Å². The number of hydrogen-bond donors (Lipinski definition) is 1. The van der Waals surface area contributed by atoms with Crippen molar-refractivity contribution in [2.24, 2.45) is 12.8 Å². The third kappa shape index (κ3) is 1.58. The average molecular weight is 207 g/mol. The maximum absolute atomic E-state index is 5.59. The fourth-order valence-corrected chi connectivity index (χ4v) is 2.21. The van der Waals surface area contributed by atoms with Crippen molar-refractivity contribution in [1.82, 2.24) is 9.78 Å². The van der Waals surface area contributed by atoms with E-state index in [9.17, 15) is 0 Å². The molecule has 2 heterocycles. The van der Waals surface area contributed by atoms with Gasteiger partial charge in [-0.3, -0.25) is 4.68 Å². The van der Waals surface area contributed by atoms with Gasteiger partial charge in [0.25, 0.3) is 0 Å². The van der Waals surface area contributed by atoms with Gasteiger partial charge in [0.2, 0.25) is 0 Å².